The fraction of sp³-hybridized carbons (Fsp3) is 0.111. The molecule has 0 saturated heterocycles. The summed E-state index contributed by atoms with van der Waals surface area (Å²) in [5.41, 5.74) is 1.84. The molecule has 1 heterocycles. The molecule has 7 heteroatoms. The zero-order chi connectivity index (χ0) is 17.8. The SMILES string of the molecule is O=C(Cc1ccc(Br)cc1)Nc1nn(Cc2ccc(F)cc2)cc1Br. The van der Waals surface area contributed by atoms with Gasteiger partial charge in [0.25, 0.3) is 0 Å². The Hall–Kier alpha value is -1.99. The summed E-state index contributed by atoms with van der Waals surface area (Å²) < 4.78 is 16.3. The van der Waals surface area contributed by atoms with Crippen LogP contribution in [0.25, 0.3) is 0 Å². The highest BCUT2D eigenvalue weighted by molar-refractivity contribution is 9.10. The van der Waals surface area contributed by atoms with E-state index in [4.69, 9.17) is 0 Å². The number of nitrogens with one attached hydrogen (secondary N) is 1. The molecule has 3 rings (SSSR count). The highest BCUT2D eigenvalue weighted by atomic mass is 79.9. The molecule has 3 aromatic rings. The van der Waals surface area contributed by atoms with Gasteiger partial charge in [-0.2, -0.15) is 5.10 Å². The van der Waals surface area contributed by atoms with E-state index in [1.807, 2.05) is 24.3 Å². The minimum absolute atomic E-state index is 0.143. The molecule has 0 unspecified atom stereocenters. The molecule has 0 aliphatic carbocycles. The largest absolute Gasteiger partial charge is 0.308 e. The van der Waals surface area contributed by atoms with Crippen LogP contribution in [0.2, 0.25) is 0 Å². The van der Waals surface area contributed by atoms with Crippen LogP contribution < -0.4 is 5.32 Å². The van der Waals surface area contributed by atoms with Gasteiger partial charge >= 0.3 is 0 Å². The number of aromatic nitrogens is 2. The summed E-state index contributed by atoms with van der Waals surface area (Å²) in [4.78, 5) is 12.2. The highest BCUT2D eigenvalue weighted by Gasteiger charge is 2.11. The van der Waals surface area contributed by atoms with Gasteiger partial charge in [-0.1, -0.05) is 40.2 Å². The molecule has 25 heavy (non-hydrogen) atoms. The smallest absolute Gasteiger partial charge is 0.230 e. The van der Waals surface area contributed by atoms with Crippen LogP contribution in [0.4, 0.5) is 10.2 Å². The molecule has 1 amide bonds. The summed E-state index contributed by atoms with van der Waals surface area (Å²) in [6.45, 7) is 0.488. The fourth-order valence-corrected chi connectivity index (χ4v) is 2.98. The van der Waals surface area contributed by atoms with Gasteiger partial charge in [-0.05, 0) is 51.3 Å². The van der Waals surface area contributed by atoms with Crippen LogP contribution in [0.3, 0.4) is 0 Å². The summed E-state index contributed by atoms with van der Waals surface area (Å²) in [5, 5.41) is 7.16. The van der Waals surface area contributed by atoms with Gasteiger partial charge in [0.05, 0.1) is 17.4 Å². The molecule has 0 fully saturated rings. The molecular formula is C18H14Br2FN3O. The molecule has 128 valence electrons. The van der Waals surface area contributed by atoms with Gasteiger partial charge in [0.1, 0.15) is 5.82 Å². The third kappa shape index (κ3) is 4.99. The summed E-state index contributed by atoms with van der Waals surface area (Å²) >= 11 is 6.77. The van der Waals surface area contributed by atoms with Gasteiger partial charge in [0.2, 0.25) is 5.91 Å². The number of hydrogen-bond donors (Lipinski definition) is 1. The Morgan fingerprint density at radius 2 is 1.68 bits per heavy atom. The molecule has 0 atom stereocenters. The number of anilines is 1. The number of amides is 1. The maximum atomic E-state index is 13.0. The Bertz CT molecular complexity index is 876. The third-order valence-electron chi connectivity index (χ3n) is 3.51. The van der Waals surface area contributed by atoms with Crippen LogP contribution in [0.1, 0.15) is 11.1 Å². The molecule has 1 N–H and O–H groups in total. The first-order chi connectivity index (χ1) is 12.0. The van der Waals surface area contributed by atoms with E-state index in [2.05, 4.69) is 42.3 Å². The van der Waals surface area contributed by atoms with Crippen molar-refractivity contribution in [1.29, 1.82) is 0 Å². The topological polar surface area (TPSA) is 46.9 Å². The average molecular weight is 467 g/mol. The summed E-state index contributed by atoms with van der Waals surface area (Å²) in [5.74, 6) is 0.0468. The van der Waals surface area contributed by atoms with Gasteiger partial charge in [0.15, 0.2) is 5.82 Å². The molecule has 4 nitrogen and oxygen atoms in total. The first-order valence-corrected chi connectivity index (χ1v) is 9.10. The van der Waals surface area contributed by atoms with E-state index in [9.17, 15) is 9.18 Å². The van der Waals surface area contributed by atoms with Crippen molar-refractivity contribution in [3.8, 4) is 0 Å². The van der Waals surface area contributed by atoms with Crippen molar-refractivity contribution in [2.75, 3.05) is 5.32 Å². The molecule has 0 bridgehead atoms. The lowest BCUT2D eigenvalue weighted by molar-refractivity contribution is -0.115. The molecule has 0 spiro atoms. The molecule has 2 aromatic carbocycles. The lowest BCUT2D eigenvalue weighted by Crippen LogP contribution is -2.15. The van der Waals surface area contributed by atoms with E-state index < -0.39 is 0 Å². The second kappa shape index (κ2) is 7.93. The minimum atomic E-state index is -0.272. The summed E-state index contributed by atoms with van der Waals surface area (Å²) in [6, 6.07) is 13.8. The normalized spacial score (nSPS) is 10.7. The predicted molar refractivity (Wildman–Crippen MR) is 102 cm³/mol. The van der Waals surface area contributed by atoms with Crippen molar-refractivity contribution < 1.29 is 9.18 Å². The van der Waals surface area contributed by atoms with Gasteiger partial charge in [-0.3, -0.25) is 9.48 Å². The first-order valence-electron chi connectivity index (χ1n) is 7.51. The number of rotatable bonds is 5. The van der Waals surface area contributed by atoms with Crippen LogP contribution in [-0.2, 0) is 17.8 Å². The summed E-state index contributed by atoms with van der Waals surface area (Å²) in [6.07, 6.45) is 2.04. The zero-order valence-corrected chi connectivity index (χ0v) is 16.2. The second-order valence-electron chi connectivity index (χ2n) is 5.50. The van der Waals surface area contributed by atoms with E-state index in [1.54, 1.807) is 23.0 Å². The number of halogens is 3. The third-order valence-corrected chi connectivity index (χ3v) is 4.62. The average Bonchev–Trinajstić information content (AvgIpc) is 2.91. The Kier molecular flexibility index (Phi) is 5.65. The van der Waals surface area contributed by atoms with E-state index in [0.29, 0.717) is 16.8 Å². The molecule has 0 radical (unpaired) electrons. The molecule has 0 aliphatic heterocycles. The van der Waals surface area contributed by atoms with Crippen LogP contribution in [0.15, 0.2) is 63.7 Å². The van der Waals surface area contributed by atoms with Crippen molar-refractivity contribution in [3.63, 3.8) is 0 Å². The van der Waals surface area contributed by atoms with Crippen LogP contribution in [0.5, 0.6) is 0 Å². The number of carbonyl (C=O) groups excluding carboxylic acids is 1. The fourth-order valence-electron chi connectivity index (χ4n) is 2.30. The highest BCUT2D eigenvalue weighted by Crippen LogP contribution is 2.21. The van der Waals surface area contributed by atoms with E-state index >= 15 is 0 Å². The lowest BCUT2D eigenvalue weighted by atomic mass is 10.1. The van der Waals surface area contributed by atoms with Crippen molar-refractivity contribution in [1.82, 2.24) is 9.78 Å². The van der Waals surface area contributed by atoms with Crippen molar-refractivity contribution in [2.45, 2.75) is 13.0 Å². The number of carbonyl (C=O) groups is 1. The summed E-state index contributed by atoms with van der Waals surface area (Å²) in [7, 11) is 0. The number of hydrogen-bond acceptors (Lipinski definition) is 2. The van der Waals surface area contributed by atoms with E-state index in [1.165, 1.54) is 12.1 Å². The first kappa shape index (κ1) is 17.8. The predicted octanol–water partition coefficient (Wildman–Crippen LogP) is 4.78. The Labute approximate surface area is 161 Å². The quantitative estimate of drug-likeness (QED) is 0.588. The number of benzene rings is 2. The van der Waals surface area contributed by atoms with Crippen LogP contribution in [0, 0.1) is 5.82 Å². The Morgan fingerprint density at radius 1 is 1.04 bits per heavy atom. The van der Waals surface area contributed by atoms with Crippen molar-refractivity contribution >= 4 is 43.6 Å². The van der Waals surface area contributed by atoms with Crippen molar-refractivity contribution in [3.05, 3.63) is 80.6 Å². The van der Waals surface area contributed by atoms with Gasteiger partial charge < -0.3 is 5.32 Å². The van der Waals surface area contributed by atoms with Crippen LogP contribution in [-0.4, -0.2) is 15.7 Å². The maximum Gasteiger partial charge on any atom is 0.230 e. The number of nitrogens with zero attached hydrogens (tertiary/aromatic N) is 2. The van der Waals surface area contributed by atoms with E-state index in [-0.39, 0.29) is 18.1 Å². The van der Waals surface area contributed by atoms with Gasteiger partial charge in [0, 0.05) is 10.7 Å². The van der Waals surface area contributed by atoms with E-state index in [0.717, 1.165) is 15.6 Å². The molecule has 1 aromatic heterocycles. The lowest BCUT2D eigenvalue weighted by Gasteiger charge is -2.04. The molecular weight excluding hydrogens is 453 g/mol. The maximum absolute atomic E-state index is 13.0. The Balaban J connectivity index is 1.64. The van der Waals surface area contributed by atoms with Crippen molar-refractivity contribution in [2.24, 2.45) is 0 Å². The van der Waals surface area contributed by atoms with Gasteiger partial charge in [-0.25, -0.2) is 4.39 Å². The zero-order valence-electron chi connectivity index (χ0n) is 13.0. The molecule has 0 aliphatic rings. The second-order valence-corrected chi connectivity index (χ2v) is 7.27. The Morgan fingerprint density at radius 3 is 2.36 bits per heavy atom. The minimum Gasteiger partial charge on any atom is -0.308 e. The molecule has 0 saturated carbocycles. The van der Waals surface area contributed by atoms with Crippen LogP contribution >= 0.6 is 31.9 Å². The monoisotopic (exact) mass is 465 g/mol. The van der Waals surface area contributed by atoms with Gasteiger partial charge in [-0.15, -0.1) is 0 Å². The standard InChI is InChI=1S/C18H14Br2FN3O/c19-14-5-1-12(2-6-14)9-17(25)22-18-16(20)11-24(23-18)10-13-3-7-15(21)8-4-13/h1-8,11H,9-10H2,(H,22,23,25).